The van der Waals surface area contributed by atoms with Gasteiger partial charge in [-0.1, -0.05) is 18.2 Å². The van der Waals surface area contributed by atoms with E-state index in [0.29, 0.717) is 11.1 Å². The molecule has 0 aliphatic carbocycles. The first-order valence-corrected chi connectivity index (χ1v) is 3.46. The average Bonchev–Trinajstić information content (AvgIpc) is 2.05. The van der Waals surface area contributed by atoms with Gasteiger partial charge in [-0.15, -0.1) is 0 Å². The molecule has 1 aromatic rings. The maximum atomic E-state index is 13.1. The summed E-state index contributed by atoms with van der Waals surface area (Å²) in [5, 5.41) is 0. The highest BCUT2D eigenvalue weighted by Crippen LogP contribution is 2.11. The Labute approximate surface area is 65.0 Å². The molecule has 0 bridgehead atoms. The Kier molecular flexibility index (Phi) is 2.57. The summed E-state index contributed by atoms with van der Waals surface area (Å²) in [6.45, 7) is 0.444. The van der Waals surface area contributed by atoms with Crippen molar-refractivity contribution in [2.75, 3.05) is 0 Å². The molecule has 0 heterocycles. The van der Waals surface area contributed by atoms with Crippen LogP contribution in [-0.4, -0.2) is 0 Å². The first-order chi connectivity index (χ1) is 5.29. The van der Waals surface area contributed by atoms with Gasteiger partial charge in [-0.3, -0.25) is 0 Å². The van der Waals surface area contributed by atoms with Crippen LogP contribution in [0.2, 0.25) is 0 Å². The van der Waals surface area contributed by atoms with Gasteiger partial charge in [-0.25, -0.2) is 4.39 Å². The largest absolute Gasteiger partial charge is 0.326 e. The van der Waals surface area contributed by atoms with E-state index in [4.69, 9.17) is 11.5 Å². The molecule has 0 aromatic heterocycles. The normalized spacial score (nSPS) is 10.1. The molecule has 4 N–H and O–H groups in total. The van der Waals surface area contributed by atoms with Gasteiger partial charge in [-0.2, -0.15) is 0 Å². The van der Waals surface area contributed by atoms with Crippen LogP contribution in [-0.2, 0) is 13.1 Å². The zero-order valence-electron chi connectivity index (χ0n) is 6.18. The first-order valence-electron chi connectivity index (χ1n) is 3.46. The van der Waals surface area contributed by atoms with E-state index in [-0.39, 0.29) is 18.9 Å². The van der Waals surface area contributed by atoms with Crippen molar-refractivity contribution in [1.29, 1.82) is 0 Å². The van der Waals surface area contributed by atoms with E-state index >= 15 is 0 Å². The summed E-state index contributed by atoms with van der Waals surface area (Å²) < 4.78 is 13.1. The van der Waals surface area contributed by atoms with Gasteiger partial charge in [0.1, 0.15) is 5.82 Å². The van der Waals surface area contributed by atoms with Gasteiger partial charge in [0.25, 0.3) is 0 Å². The van der Waals surface area contributed by atoms with Crippen LogP contribution < -0.4 is 11.5 Å². The lowest BCUT2D eigenvalue weighted by atomic mass is 10.1. The van der Waals surface area contributed by atoms with Crippen molar-refractivity contribution < 1.29 is 4.39 Å². The Morgan fingerprint density at radius 3 is 1.91 bits per heavy atom. The van der Waals surface area contributed by atoms with Crippen molar-refractivity contribution in [2.45, 2.75) is 13.1 Å². The van der Waals surface area contributed by atoms with Crippen LogP contribution in [0.25, 0.3) is 0 Å². The monoisotopic (exact) mass is 154 g/mol. The second kappa shape index (κ2) is 3.46. The third-order valence-corrected chi connectivity index (χ3v) is 1.60. The van der Waals surface area contributed by atoms with Gasteiger partial charge in [-0.05, 0) is 0 Å². The number of benzene rings is 1. The minimum Gasteiger partial charge on any atom is -0.326 e. The molecule has 11 heavy (non-hydrogen) atoms. The summed E-state index contributed by atoms with van der Waals surface area (Å²) in [4.78, 5) is 0. The number of hydrogen-bond acceptors (Lipinski definition) is 2. The summed E-state index contributed by atoms with van der Waals surface area (Å²) in [5.74, 6) is -0.266. The van der Waals surface area contributed by atoms with Crippen molar-refractivity contribution in [3.8, 4) is 0 Å². The molecular weight excluding hydrogens is 143 g/mol. The van der Waals surface area contributed by atoms with Crippen LogP contribution in [0.15, 0.2) is 18.2 Å². The molecule has 0 amide bonds. The third-order valence-electron chi connectivity index (χ3n) is 1.60. The second-order valence-electron chi connectivity index (χ2n) is 2.30. The minimum absolute atomic E-state index is 0.222. The molecule has 0 aliphatic heterocycles. The molecule has 1 aromatic carbocycles. The standard InChI is InChI=1S/C8H11FN2/c9-8-6(4-10)2-1-3-7(8)5-11/h1-3H,4-5,10-11H2. The Bertz CT molecular complexity index is 226. The van der Waals surface area contributed by atoms with E-state index in [1.54, 1.807) is 18.2 Å². The van der Waals surface area contributed by atoms with Gasteiger partial charge < -0.3 is 11.5 Å². The lowest BCUT2D eigenvalue weighted by Crippen LogP contribution is -2.05. The van der Waals surface area contributed by atoms with Gasteiger partial charge >= 0.3 is 0 Å². The SMILES string of the molecule is NCc1cccc(CN)c1F. The van der Waals surface area contributed by atoms with Crippen molar-refractivity contribution in [3.05, 3.63) is 35.1 Å². The predicted octanol–water partition coefficient (Wildman–Crippen LogP) is 0.743. The van der Waals surface area contributed by atoms with E-state index in [9.17, 15) is 4.39 Å². The molecule has 0 atom stereocenters. The van der Waals surface area contributed by atoms with Crippen molar-refractivity contribution in [3.63, 3.8) is 0 Å². The van der Waals surface area contributed by atoms with Crippen LogP contribution in [0, 0.1) is 5.82 Å². The molecule has 1 rings (SSSR count). The van der Waals surface area contributed by atoms with Crippen molar-refractivity contribution >= 4 is 0 Å². The Morgan fingerprint density at radius 2 is 1.55 bits per heavy atom. The van der Waals surface area contributed by atoms with E-state index in [1.165, 1.54) is 0 Å². The maximum absolute atomic E-state index is 13.1. The van der Waals surface area contributed by atoms with Crippen LogP contribution >= 0.6 is 0 Å². The van der Waals surface area contributed by atoms with Crippen LogP contribution in [0.3, 0.4) is 0 Å². The minimum atomic E-state index is -0.266. The van der Waals surface area contributed by atoms with E-state index in [0.717, 1.165) is 0 Å². The number of rotatable bonds is 2. The van der Waals surface area contributed by atoms with E-state index in [1.807, 2.05) is 0 Å². The smallest absolute Gasteiger partial charge is 0.132 e. The molecule has 60 valence electrons. The maximum Gasteiger partial charge on any atom is 0.132 e. The number of hydrogen-bond donors (Lipinski definition) is 2. The molecule has 0 saturated carbocycles. The summed E-state index contributed by atoms with van der Waals surface area (Å²) in [6.07, 6.45) is 0. The molecule has 0 radical (unpaired) electrons. The highest BCUT2D eigenvalue weighted by molar-refractivity contribution is 5.25. The fourth-order valence-corrected chi connectivity index (χ4v) is 0.948. The van der Waals surface area contributed by atoms with Crippen molar-refractivity contribution in [2.24, 2.45) is 11.5 Å². The van der Waals surface area contributed by atoms with E-state index in [2.05, 4.69) is 0 Å². The molecule has 3 heteroatoms. The molecule has 0 aliphatic rings. The zero-order valence-corrected chi connectivity index (χ0v) is 6.18. The van der Waals surface area contributed by atoms with Gasteiger partial charge in [0.2, 0.25) is 0 Å². The Balaban J connectivity index is 3.10. The molecule has 2 nitrogen and oxygen atoms in total. The van der Waals surface area contributed by atoms with Gasteiger partial charge in [0.05, 0.1) is 0 Å². The summed E-state index contributed by atoms with van der Waals surface area (Å²) in [7, 11) is 0. The quantitative estimate of drug-likeness (QED) is 0.660. The lowest BCUT2D eigenvalue weighted by Gasteiger charge is -2.03. The predicted molar refractivity (Wildman–Crippen MR) is 42.2 cm³/mol. The number of halogens is 1. The highest BCUT2D eigenvalue weighted by Gasteiger charge is 2.03. The molecule has 0 fully saturated rings. The fourth-order valence-electron chi connectivity index (χ4n) is 0.948. The highest BCUT2D eigenvalue weighted by atomic mass is 19.1. The van der Waals surface area contributed by atoms with E-state index < -0.39 is 0 Å². The topological polar surface area (TPSA) is 52.0 Å². The van der Waals surface area contributed by atoms with Crippen LogP contribution in [0.5, 0.6) is 0 Å². The molecule has 0 unspecified atom stereocenters. The first kappa shape index (κ1) is 8.17. The lowest BCUT2D eigenvalue weighted by molar-refractivity contribution is 0.594. The molecule has 0 saturated heterocycles. The molecule has 0 spiro atoms. The summed E-state index contributed by atoms with van der Waals surface area (Å²) >= 11 is 0. The average molecular weight is 154 g/mol. The van der Waals surface area contributed by atoms with Crippen LogP contribution in [0.4, 0.5) is 4.39 Å². The fraction of sp³-hybridized carbons (Fsp3) is 0.250. The summed E-state index contributed by atoms with van der Waals surface area (Å²) in [6, 6.07) is 5.08. The third kappa shape index (κ3) is 1.56. The van der Waals surface area contributed by atoms with Crippen molar-refractivity contribution in [1.82, 2.24) is 0 Å². The zero-order chi connectivity index (χ0) is 8.27. The number of nitrogens with two attached hydrogens (primary N) is 2. The van der Waals surface area contributed by atoms with Gasteiger partial charge in [0.15, 0.2) is 0 Å². The Morgan fingerprint density at radius 1 is 1.09 bits per heavy atom. The summed E-state index contributed by atoms with van der Waals surface area (Å²) in [5.41, 5.74) is 11.6. The second-order valence-corrected chi connectivity index (χ2v) is 2.30. The van der Waals surface area contributed by atoms with Crippen LogP contribution in [0.1, 0.15) is 11.1 Å². The van der Waals surface area contributed by atoms with Gasteiger partial charge in [0, 0.05) is 24.2 Å². The molecular formula is C8H11FN2. The Hall–Kier alpha value is -0.930.